The molecule has 0 bridgehead atoms. The summed E-state index contributed by atoms with van der Waals surface area (Å²) in [6, 6.07) is 7.87. The number of aliphatic hydroxyl groups is 1. The van der Waals surface area contributed by atoms with Gasteiger partial charge in [0.25, 0.3) is 5.91 Å². The number of carbonyl (C=O) groups is 3. The monoisotopic (exact) mass is 420 g/mol. The van der Waals surface area contributed by atoms with Crippen LogP contribution in [0.4, 0.5) is 0 Å². The average Bonchev–Trinajstić information content (AvgIpc) is 2.68. The number of allylic oxidation sites excluding steroid dienone is 1. The summed E-state index contributed by atoms with van der Waals surface area (Å²) >= 11 is 1.41. The van der Waals surface area contributed by atoms with Crippen LogP contribution in [-0.2, 0) is 20.8 Å². The number of carbonyl (C=O) groups excluding carboxylic acids is 2. The summed E-state index contributed by atoms with van der Waals surface area (Å²) in [6.07, 6.45) is -1.28. The zero-order chi connectivity index (χ0) is 21.7. The summed E-state index contributed by atoms with van der Waals surface area (Å²) in [5, 5.41) is 23.8. The summed E-state index contributed by atoms with van der Waals surface area (Å²) in [5.74, 6) is -2.21. The van der Waals surface area contributed by atoms with E-state index in [1.54, 1.807) is 24.3 Å². The van der Waals surface area contributed by atoms with Crippen molar-refractivity contribution in [2.45, 2.75) is 57.9 Å². The Morgan fingerprint density at radius 1 is 1.24 bits per heavy atom. The van der Waals surface area contributed by atoms with E-state index >= 15 is 0 Å². The summed E-state index contributed by atoms with van der Waals surface area (Å²) in [7, 11) is 0. The molecular weight excluding hydrogens is 392 g/mol. The largest absolute Gasteiger partial charge is 0.479 e. The number of hydrogen-bond acceptors (Lipinski definition) is 5. The number of benzene rings is 1. The van der Waals surface area contributed by atoms with E-state index in [4.69, 9.17) is 0 Å². The summed E-state index contributed by atoms with van der Waals surface area (Å²) < 4.78 is 0. The van der Waals surface area contributed by atoms with Crippen LogP contribution in [0.25, 0.3) is 0 Å². The molecule has 0 saturated carbocycles. The highest BCUT2D eigenvalue weighted by Crippen LogP contribution is 2.34. The van der Waals surface area contributed by atoms with Crippen LogP contribution in [0, 0.1) is 5.92 Å². The maximum atomic E-state index is 13.3. The molecule has 0 aliphatic carbocycles. The zero-order valence-electron chi connectivity index (χ0n) is 17.1. The van der Waals surface area contributed by atoms with Crippen LogP contribution in [-0.4, -0.2) is 55.4 Å². The van der Waals surface area contributed by atoms with Crippen molar-refractivity contribution in [2.24, 2.45) is 5.92 Å². The van der Waals surface area contributed by atoms with Crippen LogP contribution in [0.3, 0.4) is 0 Å². The molecular formula is C21H28N2O5S. The molecule has 2 amide bonds. The van der Waals surface area contributed by atoms with E-state index in [9.17, 15) is 24.6 Å². The van der Waals surface area contributed by atoms with Gasteiger partial charge in [-0.15, -0.1) is 11.8 Å². The lowest BCUT2D eigenvalue weighted by Crippen LogP contribution is -2.61. The molecule has 2 N–H and O–H groups in total. The quantitative estimate of drug-likeness (QED) is 0.671. The first-order valence-corrected chi connectivity index (χ1v) is 10.6. The third-order valence-corrected chi connectivity index (χ3v) is 6.25. The van der Waals surface area contributed by atoms with Gasteiger partial charge >= 0.3 is 5.97 Å². The van der Waals surface area contributed by atoms with E-state index in [0.717, 1.165) is 10.6 Å². The van der Waals surface area contributed by atoms with Crippen LogP contribution in [0.2, 0.25) is 0 Å². The number of nitrogens with zero attached hydrogens (tertiary/aromatic N) is 2. The van der Waals surface area contributed by atoms with E-state index in [1.807, 2.05) is 32.2 Å². The van der Waals surface area contributed by atoms with Gasteiger partial charge in [-0.1, -0.05) is 51.1 Å². The maximum absolute atomic E-state index is 13.3. The second-order valence-corrected chi connectivity index (χ2v) is 8.33. The van der Waals surface area contributed by atoms with Crippen molar-refractivity contribution in [1.82, 2.24) is 10.0 Å². The van der Waals surface area contributed by atoms with Crippen molar-refractivity contribution in [3.8, 4) is 0 Å². The fourth-order valence-corrected chi connectivity index (χ4v) is 4.42. The van der Waals surface area contributed by atoms with Gasteiger partial charge in [-0.2, -0.15) is 0 Å². The minimum Gasteiger partial charge on any atom is -0.479 e. The third-order valence-electron chi connectivity index (χ3n) is 4.80. The highest BCUT2D eigenvalue weighted by molar-refractivity contribution is 8.03. The molecule has 29 heavy (non-hydrogen) atoms. The molecule has 0 radical (unpaired) electrons. The van der Waals surface area contributed by atoms with E-state index in [-0.39, 0.29) is 18.2 Å². The minimum atomic E-state index is -1.85. The van der Waals surface area contributed by atoms with Gasteiger partial charge in [0.2, 0.25) is 5.91 Å². The molecule has 0 aromatic heterocycles. The van der Waals surface area contributed by atoms with Crippen LogP contribution >= 0.6 is 11.8 Å². The number of aliphatic hydroxyl groups excluding tert-OH is 1. The fourth-order valence-electron chi connectivity index (χ4n) is 3.32. The second kappa shape index (κ2) is 9.93. The standard InChI is InChI=1S/C21H28N2O5S/c1-5-16-12-29-19(13(2)3)20(26)23(16)22(14(4)24)17(18(25)21(27)28)11-15-9-7-6-8-10-15/h6-10,12-13,17-19,25H,5,11H2,1-4H3,(H,27,28)/t17-,18?,19?/m0/s1. The first kappa shape index (κ1) is 23.0. The van der Waals surface area contributed by atoms with Crippen molar-refractivity contribution in [1.29, 1.82) is 0 Å². The van der Waals surface area contributed by atoms with Gasteiger partial charge in [-0.05, 0) is 29.7 Å². The molecule has 3 atom stereocenters. The highest BCUT2D eigenvalue weighted by atomic mass is 32.2. The van der Waals surface area contributed by atoms with Crippen molar-refractivity contribution < 1.29 is 24.6 Å². The normalized spacial score (nSPS) is 19.0. The van der Waals surface area contributed by atoms with Crippen LogP contribution in [0.1, 0.15) is 39.7 Å². The highest BCUT2D eigenvalue weighted by Gasteiger charge is 2.43. The lowest BCUT2D eigenvalue weighted by atomic mass is 10.00. The second-order valence-electron chi connectivity index (χ2n) is 7.32. The lowest BCUT2D eigenvalue weighted by Gasteiger charge is -2.44. The van der Waals surface area contributed by atoms with Crippen molar-refractivity contribution in [3.05, 3.63) is 47.0 Å². The van der Waals surface area contributed by atoms with Crippen molar-refractivity contribution >= 4 is 29.5 Å². The summed E-state index contributed by atoms with van der Waals surface area (Å²) in [4.78, 5) is 37.6. The molecule has 0 spiro atoms. The Hall–Kier alpha value is -2.32. The molecule has 1 aliphatic heterocycles. The SMILES string of the molecule is CCC1=CSC(C(C)C)C(=O)N1N(C(C)=O)[C@@H](Cc1ccccc1)C(O)C(=O)O. The van der Waals surface area contributed by atoms with Gasteiger partial charge in [0, 0.05) is 12.6 Å². The molecule has 1 aliphatic rings. The van der Waals surface area contributed by atoms with E-state index < -0.39 is 29.3 Å². The molecule has 8 heteroatoms. The zero-order valence-corrected chi connectivity index (χ0v) is 17.9. The van der Waals surface area contributed by atoms with Crippen molar-refractivity contribution in [3.63, 3.8) is 0 Å². The average molecular weight is 421 g/mol. The molecule has 1 aromatic rings. The Kier molecular flexibility index (Phi) is 7.87. The summed E-state index contributed by atoms with van der Waals surface area (Å²) in [5.41, 5.74) is 1.35. The first-order valence-electron chi connectivity index (χ1n) is 9.62. The predicted molar refractivity (Wildman–Crippen MR) is 112 cm³/mol. The minimum absolute atomic E-state index is 0.0236. The topological polar surface area (TPSA) is 98.2 Å². The number of amides is 2. The Bertz CT molecular complexity index is 781. The van der Waals surface area contributed by atoms with E-state index in [1.165, 1.54) is 23.7 Å². The Morgan fingerprint density at radius 3 is 2.34 bits per heavy atom. The molecule has 158 valence electrons. The van der Waals surface area contributed by atoms with Gasteiger partial charge in [0.05, 0.1) is 11.3 Å². The van der Waals surface area contributed by atoms with Crippen LogP contribution in [0.15, 0.2) is 41.4 Å². The number of hydrazine groups is 1. The maximum Gasteiger partial charge on any atom is 0.334 e. The van der Waals surface area contributed by atoms with Gasteiger partial charge in [0.15, 0.2) is 6.10 Å². The smallest absolute Gasteiger partial charge is 0.334 e. The predicted octanol–water partition coefficient (Wildman–Crippen LogP) is 2.66. The molecule has 2 unspecified atom stereocenters. The number of hydrogen-bond donors (Lipinski definition) is 2. The molecule has 1 aromatic carbocycles. The van der Waals surface area contributed by atoms with Crippen molar-refractivity contribution in [2.75, 3.05) is 0 Å². The Morgan fingerprint density at radius 2 is 1.86 bits per heavy atom. The van der Waals surface area contributed by atoms with Crippen LogP contribution < -0.4 is 0 Å². The number of rotatable bonds is 8. The number of carboxylic acid groups (broad SMARTS) is 1. The van der Waals surface area contributed by atoms with Gasteiger partial charge < -0.3 is 10.2 Å². The summed E-state index contributed by atoms with van der Waals surface area (Å²) in [6.45, 7) is 6.98. The van der Waals surface area contributed by atoms with E-state index in [2.05, 4.69) is 0 Å². The lowest BCUT2D eigenvalue weighted by molar-refractivity contribution is -0.174. The number of carboxylic acids is 1. The van der Waals surface area contributed by atoms with Gasteiger partial charge in [-0.25, -0.2) is 14.8 Å². The molecule has 0 fully saturated rings. The molecule has 1 heterocycles. The molecule has 0 saturated heterocycles. The van der Waals surface area contributed by atoms with Gasteiger partial charge in [0.1, 0.15) is 0 Å². The first-order chi connectivity index (χ1) is 13.7. The fraction of sp³-hybridized carbons (Fsp3) is 0.476. The molecule has 2 rings (SSSR count). The van der Waals surface area contributed by atoms with Crippen LogP contribution in [0.5, 0.6) is 0 Å². The Balaban J connectivity index is 2.54. The van der Waals surface area contributed by atoms with E-state index in [0.29, 0.717) is 12.1 Å². The third kappa shape index (κ3) is 5.19. The number of thioether (sulfide) groups is 1. The Labute approximate surface area is 175 Å². The van der Waals surface area contributed by atoms with Gasteiger partial charge in [-0.3, -0.25) is 9.59 Å². The number of aliphatic carboxylic acids is 1. The molecule has 7 nitrogen and oxygen atoms in total.